The van der Waals surface area contributed by atoms with Crippen LogP contribution in [0.1, 0.15) is 19.4 Å². The van der Waals surface area contributed by atoms with E-state index in [-0.39, 0.29) is 24.2 Å². The maximum Gasteiger partial charge on any atom is 0.226 e. The van der Waals surface area contributed by atoms with Gasteiger partial charge in [0.15, 0.2) is 0 Å². The minimum Gasteiger partial charge on any atom is -0.508 e. The molecule has 0 heterocycles. The molecule has 0 aliphatic heterocycles. The van der Waals surface area contributed by atoms with Crippen LogP contribution in [0.25, 0.3) is 0 Å². The second-order valence-electron chi connectivity index (χ2n) is 3.64. The number of aromatic hydroxyl groups is 1. The van der Waals surface area contributed by atoms with Crippen LogP contribution in [0.3, 0.4) is 0 Å². The highest BCUT2D eigenvalue weighted by molar-refractivity contribution is 5.93. The van der Waals surface area contributed by atoms with Crippen LogP contribution in [0.2, 0.25) is 0 Å². The van der Waals surface area contributed by atoms with Crippen molar-refractivity contribution in [3.8, 4) is 5.75 Å². The van der Waals surface area contributed by atoms with Crippen molar-refractivity contribution < 1.29 is 15.0 Å². The number of carbonyl (C=O) groups excluding carboxylic acids is 1. The van der Waals surface area contributed by atoms with Gasteiger partial charge in [0.05, 0.1) is 6.61 Å². The maximum absolute atomic E-state index is 11.4. The topological polar surface area (TPSA) is 69.6 Å². The molecular weight excluding hydrogens is 194 g/mol. The van der Waals surface area contributed by atoms with Gasteiger partial charge >= 0.3 is 0 Å². The minimum absolute atomic E-state index is 0.0613. The van der Waals surface area contributed by atoms with Gasteiger partial charge in [-0.05, 0) is 6.07 Å². The number of aliphatic hydroxyl groups is 1. The summed E-state index contributed by atoms with van der Waals surface area (Å²) in [6.45, 7) is 3.38. The van der Waals surface area contributed by atoms with E-state index in [0.29, 0.717) is 11.3 Å². The second kappa shape index (κ2) is 4.79. The third-order valence-electron chi connectivity index (χ3n) is 2.05. The van der Waals surface area contributed by atoms with Crippen molar-refractivity contribution in [2.45, 2.75) is 20.5 Å². The number of benzene rings is 1. The van der Waals surface area contributed by atoms with Crippen LogP contribution in [0, 0.1) is 5.92 Å². The normalized spacial score (nSPS) is 10.4. The summed E-state index contributed by atoms with van der Waals surface area (Å²) in [5, 5.41) is 20.9. The van der Waals surface area contributed by atoms with Crippen LogP contribution in [0.5, 0.6) is 5.75 Å². The molecule has 0 fully saturated rings. The molecule has 1 amide bonds. The number of carbonyl (C=O) groups is 1. The first-order valence-corrected chi connectivity index (χ1v) is 4.78. The van der Waals surface area contributed by atoms with Crippen LogP contribution >= 0.6 is 0 Å². The van der Waals surface area contributed by atoms with E-state index in [1.54, 1.807) is 19.9 Å². The SMILES string of the molecule is CC(C)C(=O)Nc1cc(O)ccc1CO. The lowest BCUT2D eigenvalue weighted by Gasteiger charge is -2.11. The average Bonchev–Trinajstić information content (AvgIpc) is 2.18. The van der Waals surface area contributed by atoms with Crippen molar-refractivity contribution in [2.75, 3.05) is 5.32 Å². The number of anilines is 1. The Kier molecular flexibility index (Phi) is 3.68. The van der Waals surface area contributed by atoms with E-state index in [1.165, 1.54) is 12.1 Å². The zero-order valence-corrected chi connectivity index (χ0v) is 8.82. The molecule has 0 radical (unpaired) electrons. The predicted octanol–water partition coefficient (Wildman–Crippen LogP) is 1.48. The van der Waals surface area contributed by atoms with Crippen molar-refractivity contribution in [3.05, 3.63) is 23.8 Å². The van der Waals surface area contributed by atoms with Gasteiger partial charge in [-0.1, -0.05) is 19.9 Å². The molecule has 0 aromatic heterocycles. The van der Waals surface area contributed by atoms with Crippen molar-refractivity contribution >= 4 is 11.6 Å². The number of aliphatic hydroxyl groups excluding tert-OH is 1. The van der Waals surface area contributed by atoms with E-state index in [2.05, 4.69) is 5.32 Å². The Hall–Kier alpha value is -1.55. The van der Waals surface area contributed by atoms with Gasteiger partial charge < -0.3 is 15.5 Å². The summed E-state index contributed by atoms with van der Waals surface area (Å²) in [6.07, 6.45) is 0. The van der Waals surface area contributed by atoms with E-state index in [9.17, 15) is 9.90 Å². The molecule has 0 spiro atoms. The molecule has 4 nitrogen and oxygen atoms in total. The molecule has 1 rings (SSSR count). The van der Waals surface area contributed by atoms with E-state index in [1.807, 2.05) is 0 Å². The average molecular weight is 209 g/mol. The zero-order chi connectivity index (χ0) is 11.4. The monoisotopic (exact) mass is 209 g/mol. The zero-order valence-electron chi connectivity index (χ0n) is 8.82. The largest absolute Gasteiger partial charge is 0.508 e. The fraction of sp³-hybridized carbons (Fsp3) is 0.364. The van der Waals surface area contributed by atoms with Crippen LogP contribution in [0.4, 0.5) is 5.69 Å². The van der Waals surface area contributed by atoms with Gasteiger partial charge in [0.2, 0.25) is 5.91 Å². The molecule has 3 N–H and O–H groups in total. The highest BCUT2D eigenvalue weighted by atomic mass is 16.3. The summed E-state index contributed by atoms with van der Waals surface area (Å²) >= 11 is 0. The van der Waals surface area contributed by atoms with E-state index >= 15 is 0 Å². The third kappa shape index (κ3) is 2.95. The number of hydrogen-bond donors (Lipinski definition) is 3. The smallest absolute Gasteiger partial charge is 0.226 e. The first-order chi connectivity index (χ1) is 7.04. The second-order valence-corrected chi connectivity index (χ2v) is 3.64. The van der Waals surface area contributed by atoms with Gasteiger partial charge in [0, 0.05) is 23.2 Å². The van der Waals surface area contributed by atoms with Crippen molar-refractivity contribution in [1.29, 1.82) is 0 Å². The Morgan fingerprint density at radius 2 is 2.13 bits per heavy atom. The number of phenolic OH excluding ortho intramolecular Hbond substituents is 1. The van der Waals surface area contributed by atoms with Gasteiger partial charge in [-0.3, -0.25) is 4.79 Å². The van der Waals surface area contributed by atoms with Gasteiger partial charge in [-0.15, -0.1) is 0 Å². The fourth-order valence-corrected chi connectivity index (χ4v) is 1.10. The Morgan fingerprint density at radius 3 is 2.67 bits per heavy atom. The van der Waals surface area contributed by atoms with Gasteiger partial charge in [0.25, 0.3) is 0 Å². The molecule has 0 unspecified atom stereocenters. The Bertz CT molecular complexity index is 361. The highest BCUT2D eigenvalue weighted by Crippen LogP contribution is 2.22. The van der Waals surface area contributed by atoms with Crippen LogP contribution in [-0.4, -0.2) is 16.1 Å². The molecule has 0 aliphatic rings. The van der Waals surface area contributed by atoms with E-state index < -0.39 is 0 Å². The molecule has 0 atom stereocenters. The molecule has 0 aliphatic carbocycles. The Balaban J connectivity index is 2.92. The molecule has 0 saturated carbocycles. The molecule has 4 heteroatoms. The Labute approximate surface area is 88.6 Å². The predicted molar refractivity (Wildman–Crippen MR) is 57.5 cm³/mol. The quantitative estimate of drug-likeness (QED) is 0.706. The molecule has 1 aromatic carbocycles. The molecule has 0 bridgehead atoms. The summed E-state index contributed by atoms with van der Waals surface area (Å²) in [5.74, 6) is -0.222. The summed E-state index contributed by atoms with van der Waals surface area (Å²) in [6, 6.07) is 4.47. The first-order valence-electron chi connectivity index (χ1n) is 4.78. The van der Waals surface area contributed by atoms with Gasteiger partial charge in [-0.2, -0.15) is 0 Å². The number of phenols is 1. The van der Waals surface area contributed by atoms with Gasteiger partial charge in [0.1, 0.15) is 5.75 Å². The van der Waals surface area contributed by atoms with Crippen molar-refractivity contribution in [2.24, 2.45) is 5.92 Å². The van der Waals surface area contributed by atoms with E-state index in [4.69, 9.17) is 5.11 Å². The molecule has 82 valence electrons. The third-order valence-corrected chi connectivity index (χ3v) is 2.05. The van der Waals surface area contributed by atoms with Crippen LogP contribution in [-0.2, 0) is 11.4 Å². The Morgan fingerprint density at radius 1 is 1.47 bits per heavy atom. The number of rotatable bonds is 3. The summed E-state index contributed by atoms with van der Waals surface area (Å²) in [7, 11) is 0. The van der Waals surface area contributed by atoms with Crippen LogP contribution < -0.4 is 5.32 Å². The minimum atomic E-state index is -0.173. The lowest BCUT2D eigenvalue weighted by atomic mass is 10.1. The van der Waals surface area contributed by atoms with Gasteiger partial charge in [-0.25, -0.2) is 0 Å². The van der Waals surface area contributed by atoms with Crippen LogP contribution in [0.15, 0.2) is 18.2 Å². The summed E-state index contributed by atoms with van der Waals surface area (Å²) in [5.41, 5.74) is 1.04. The first kappa shape index (κ1) is 11.5. The summed E-state index contributed by atoms with van der Waals surface area (Å²) < 4.78 is 0. The van der Waals surface area contributed by atoms with Crippen molar-refractivity contribution in [3.63, 3.8) is 0 Å². The fourth-order valence-electron chi connectivity index (χ4n) is 1.10. The molecule has 15 heavy (non-hydrogen) atoms. The standard InChI is InChI=1S/C11H15NO3/c1-7(2)11(15)12-10-5-9(14)4-3-8(10)6-13/h3-5,7,13-14H,6H2,1-2H3,(H,12,15). The van der Waals surface area contributed by atoms with E-state index in [0.717, 1.165) is 0 Å². The number of nitrogens with one attached hydrogen (secondary N) is 1. The number of amides is 1. The van der Waals surface area contributed by atoms with Crippen molar-refractivity contribution in [1.82, 2.24) is 0 Å². The molecule has 0 saturated heterocycles. The highest BCUT2D eigenvalue weighted by Gasteiger charge is 2.10. The maximum atomic E-state index is 11.4. The molecule has 1 aromatic rings. The summed E-state index contributed by atoms with van der Waals surface area (Å²) in [4.78, 5) is 11.4. The lowest BCUT2D eigenvalue weighted by molar-refractivity contribution is -0.118. The lowest BCUT2D eigenvalue weighted by Crippen LogP contribution is -2.18. The number of hydrogen-bond acceptors (Lipinski definition) is 3. The molecular formula is C11H15NO3.